The molecule has 0 atom stereocenters. The molecule has 1 aromatic carbocycles. The molecule has 6 nitrogen and oxygen atoms in total. The summed E-state index contributed by atoms with van der Waals surface area (Å²) in [6.07, 6.45) is 8.46. The predicted molar refractivity (Wildman–Crippen MR) is 120 cm³/mol. The number of nitrogens with one attached hydrogen (secondary N) is 1. The summed E-state index contributed by atoms with van der Waals surface area (Å²) in [5.41, 5.74) is 3.39. The minimum absolute atomic E-state index is 0.0382. The molecule has 5 rings (SSSR count). The van der Waals surface area contributed by atoms with Crippen LogP contribution in [0.15, 0.2) is 53.6 Å². The van der Waals surface area contributed by atoms with Crippen molar-refractivity contribution >= 4 is 11.0 Å². The maximum atomic E-state index is 12.5. The largest absolute Gasteiger partial charge is 0.326 e. The molecule has 4 heterocycles. The second kappa shape index (κ2) is 8.74. The molecule has 2 fully saturated rings. The third-order valence-corrected chi connectivity index (χ3v) is 6.93. The van der Waals surface area contributed by atoms with Gasteiger partial charge >= 0.3 is 5.69 Å². The van der Waals surface area contributed by atoms with E-state index in [-0.39, 0.29) is 5.69 Å². The maximum absolute atomic E-state index is 12.5. The number of nitrogens with zero attached hydrogens (tertiary/aromatic N) is 4. The van der Waals surface area contributed by atoms with Crippen molar-refractivity contribution in [1.82, 2.24) is 24.3 Å². The van der Waals surface area contributed by atoms with Gasteiger partial charge in [0.15, 0.2) is 0 Å². The number of pyridine rings is 1. The zero-order valence-electron chi connectivity index (χ0n) is 17.5. The first-order valence-electron chi connectivity index (χ1n) is 11.3. The van der Waals surface area contributed by atoms with Crippen LogP contribution in [0.3, 0.4) is 0 Å². The Labute approximate surface area is 177 Å². The highest BCUT2D eigenvalue weighted by atomic mass is 16.1. The zero-order chi connectivity index (χ0) is 20.3. The lowest BCUT2D eigenvalue weighted by atomic mass is 9.94. The molecule has 158 valence electrons. The predicted octanol–water partition coefficient (Wildman–Crippen LogP) is 3.27. The van der Waals surface area contributed by atoms with E-state index in [1.54, 1.807) is 0 Å². The lowest BCUT2D eigenvalue weighted by Crippen LogP contribution is -2.42. The van der Waals surface area contributed by atoms with Gasteiger partial charge in [-0.2, -0.15) is 0 Å². The molecule has 0 radical (unpaired) electrons. The van der Waals surface area contributed by atoms with Crippen molar-refractivity contribution < 1.29 is 0 Å². The number of likely N-dealkylation sites (tertiary alicyclic amines) is 2. The molecule has 2 aliphatic rings. The Morgan fingerprint density at radius 3 is 2.37 bits per heavy atom. The molecule has 0 spiro atoms. The smallest absolute Gasteiger partial charge is 0.306 e. The van der Waals surface area contributed by atoms with Gasteiger partial charge in [0.2, 0.25) is 0 Å². The van der Waals surface area contributed by atoms with E-state index in [1.165, 1.54) is 38.0 Å². The zero-order valence-corrected chi connectivity index (χ0v) is 17.5. The molecule has 0 amide bonds. The van der Waals surface area contributed by atoms with Gasteiger partial charge in [-0.1, -0.05) is 12.1 Å². The summed E-state index contributed by atoms with van der Waals surface area (Å²) in [5, 5.41) is 0. The van der Waals surface area contributed by atoms with Crippen LogP contribution in [0.25, 0.3) is 11.0 Å². The van der Waals surface area contributed by atoms with Gasteiger partial charge in [0, 0.05) is 44.6 Å². The molecule has 0 aliphatic carbocycles. The Morgan fingerprint density at radius 1 is 0.900 bits per heavy atom. The number of rotatable bonds is 5. The summed E-state index contributed by atoms with van der Waals surface area (Å²) in [6, 6.07) is 12.6. The monoisotopic (exact) mass is 405 g/mol. The number of hydrogen-bond donors (Lipinski definition) is 1. The molecular weight excluding hydrogens is 374 g/mol. The fourth-order valence-electron chi connectivity index (χ4n) is 5.24. The van der Waals surface area contributed by atoms with Crippen molar-refractivity contribution in [2.24, 2.45) is 5.92 Å². The van der Waals surface area contributed by atoms with E-state index in [0.29, 0.717) is 6.04 Å². The molecular formula is C24H31N5O. The van der Waals surface area contributed by atoms with E-state index in [9.17, 15) is 4.79 Å². The topological polar surface area (TPSA) is 57.2 Å². The first-order chi connectivity index (χ1) is 14.8. The van der Waals surface area contributed by atoms with Gasteiger partial charge in [-0.15, -0.1) is 0 Å². The number of hydrogen-bond acceptors (Lipinski definition) is 4. The second-order valence-corrected chi connectivity index (χ2v) is 8.92. The van der Waals surface area contributed by atoms with Crippen LogP contribution in [0.1, 0.15) is 37.3 Å². The van der Waals surface area contributed by atoms with E-state index < -0.39 is 0 Å². The van der Waals surface area contributed by atoms with Crippen LogP contribution < -0.4 is 5.69 Å². The van der Waals surface area contributed by atoms with Crippen molar-refractivity contribution in [3.05, 3.63) is 64.8 Å². The van der Waals surface area contributed by atoms with Crippen LogP contribution in [0.4, 0.5) is 0 Å². The lowest BCUT2D eigenvalue weighted by Gasteiger charge is -2.38. The van der Waals surface area contributed by atoms with Crippen molar-refractivity contribution in [3.8, 4) is 0 Å². The van der Waals surface area contributed by atoms with Crippen LogP contribution in [0, 0.1) is 5.92 Å². The number of H-pyrrole nitrogens is 1. The SMILES string of the molecule is O=c1[nH]c2ccccc2n1C1CCN(CC2CCN(Cc3ccncc3)CC2)CC1. The highest BCUT2D eigenvalue weighted by molar-refractivity contribution is 5.75. The fourth-order valence-corrected chi connectivity index (χ4v) is 5.24. The first-order valence-corrected chi connectivity index (χ1v) is 11.3. The molecule has 0 bridgehead atoms. The molecule has 2 aromatic heterocycles. The highest BCUT2D eigenvalue weighted by Gasteiger charge is 2.26. The van der Waals surface area contributed by atoms with Gasteiger partial charge in [-0.3, -0.25) is 14.5 Å². The molecule has 30 heavy (non-hydrogen) atoms. The Hall–Kier alpha value is -2.44. The molecule has 1 N–H and O–H groups in total. The van der Waals surface area contributed by atoms with Crippen LogP contribution in [0.5, 0.6) is 0 Å². The van der Waals surface area contributed by atoms with Crippen molar-refractivity contribution in [2.75, 3.05) is 32.7 Å². The van der Waals surface area contributed by atoms with E-state index >= 15 is 0 Å². The van der Waals surface area contributed by atoms with Gasteiger partial charge in [0.25, 0.3) is 0 Å². The van der Waals surface area contributed by atoms with Crippen molar-refractivity contribution in [2.45, 2.75) is 38.3 Å². The highest BCUT2D eigenvalue weighted by Crippen LogP contribution is 2.27. The standard InChI is InChI=1S/C24H31N5O/c30-24-26-22-3-1-2-4-23(22)29(24)21-9-15-28(16-10-21)18-20-7-13-27(14-8-20)17-19-5-11-25-12-6-19/h1-6,11-12,20-21H,7-10,13-18H2,(H,26,30). The Morgan fingerprint density at radius 2 is 1.60 bits per heavy atom. The summed E-state index contributed by atoms with van der Waals surface area (Å²) < 4.78 is 1.99. The molecule has 2 aliphatic heterocycles. The van der Waals surface area contributed by atoms with E-state index in [1.807, 2.05) is 35.2 Å². The number of fused-ring (bicyclic) bond motifs is 1. The summed E-state index contributed by atoms with van der Waals surface area (Å²) >= 11 is 0. The average molecular weight is 406 g/mol. The number of imidazole rings is 1. The molecule has 3 aromatic rings. The maximum Gasteiger partial charge on any atom is 0.326 e. The van der Waals surface area contributed by atoms with Crippen molar-refractivity contribution in [3.63, 3.8) is 0 Å². The number of aromatic amines is 1. The number of benzene rings is 1. The van der Waals surface area contributed by atoms with Gasteiger partial charge in [-0.05, 0) is 74.5 Å². The van der Waals surface area contributed by atoms with E-state index in [4.69, 9.17) is 0 Å². The van der Waals surface area contributed by atoms with Gasteiger partial charge in [0.05, 0.1) is 11.0 Å². The third kappa shape index (κ3) is 4.20. The lowest BCUT2D eigenvalue weighted by molar-refractivity contribution is 0.116. The van der Waals surface area contributed by atoms with E-state index in [0.717, 1.165) is 49.4 Å². The second-order valence-electron chi connectivity index (χ2n) is 8.92. The molecule has 0 saturated carbocycles. The Kier molecular flexibility index (Phi) is 5.69. The minimum atomic E-state index is 0.0382. The number of aromatic nitrogens is 3. The number of para-hydroxylation sites is 2. The van der Waals surface area contributed by atoms with Gasteiger partial charge in [0.1, 0.15) is 0 Å². The van der Waals surface area contributed by atoms with Gasteiger partial charge in [-0.25, -0.2) is 4.79 Å². The van der Waals surface area contributed by atoms with Crippen LogP contribution in [-0.4, -0.2) is 57.1 Å². The Bertz CT molecular complexity index is 1010. The van der Waals surface area contributed by atoms with Crippen LogP contribution in [-0.2, 0) is 6.54 Å². The summed E-state index contributed by atoms with van der Waals surface area (Å²) in [7, 11) is 0. The van der Waals surface area contributed by atoms with Crippen molar-refractivity contribution in [1.29, 1.82) is 0 Å². The number of piperidine rings is 2. The van der Waals surface area contributed by atoms with E-state index in [2.05, 4.69) is 38.0 Å². The third-order valence-electron chi connectivity index (χ3n) is 6.93. The molecule has 6 heteroatoms. The molecule has 2 saturated heterocycles. The fraction of sp³-hybridized carbons (Fsp3) is 0.500. The quantitative estimate of drug-likeness (QED) is 0.708. The summed E-state index contributed by atoms with van der Waals surface area (Å²) in [4.78, 5) is 24.8. The minimum Gasteiger partial charge on any atom is -0.306 e. The van der Waals surface area contributed by atoms with Gasteiger partial charge < -0.3 is 9.88 Å². The van der Waals surface area contributed by atoms with Crippen LogP contribution >= 0.6 is 0 Å². The summed E-state index contributed by atoms with van der Waals surface area (Å²) in [6.45, 7) is 6.81. The first kappa shape index (κ1) is 19.5. The summed E-state index contributed by atoms with van der Waals surface area (Å²) in [5.74, 6) is 0.797. The molecule has 0 unspecified atom stereocenters. The Balaban J connectivity index is 1.11. The van der Waals surface area contributed by atoms with Crippen LogP contribution in [0.2, 0.25) is 0 Å². The average Bonchev–Trinajstić information content (AvgIpc) is 3.12. The normalized spacial score (nSPS) is 20.1.